The van der Waals surface area contributed by atoms with E-state index in [2.05, 4.69) is 9.97 Å². The van der Waals surface area contributed by atoms with Crippen LogP contribution in [0.4, 0.5) is 0 Å². The molecule has 0 fully saturated rings. The summed E-state index contributed by atoms with van der Waals surface area (Å²) in [4.78, 5) is 9.85. The van der Waals surface area contributed by atoms with Crippen molar-refractivity contribution in [2.24, 2.45) is 0 Å². The number of thiazole rings is 1. The number of ether oxygens (including phenoxy) is 2. The smallest absolute Gasteiger partial charge is 0.182 e. The molecule has 0 unspecified atom stereocenters. The molecule has 0 N–H and O–H groups in total. The number of thiophene rings is 1. The van der Waals surface area contributed by atoms with E-state index in [0.717, 1.165) is 32.6 Å². The van der Waals surface area contributed by atoms with Gasteiger partial charge in [-0.25, -0.2) is 4.98 Å². The van der Waals surface area contributed by atoms with Crippen LogP contribution in [0.2, 0.25) is 0 Å². The standard InChI is InChI=1S/C14H10N2O2S2/c1-2-9(6-15-3-1)10-7-20-14(16-10)13-12-11(8-19-13)17-4-5-18-12/h1-3,6-8H,4-5H2. The van der Waals surface area contributed by atoms with Gasteiger partial charge in [0, 0.05) is 28.7 Å². The zero-order valence-corrected chi connectivity index (χ0v) is 12.0. The van der Waals surface area contributed by atoms with Crippen molar-refractivity contribution in [3.05, 3.63) is 35.3 Å². The normalized spacial score (nSPS) is 13.4. The molecule has 0 spiro atoms. The fourth-order valence-electron chi connectivity index (χ4n) is 2.04. The van der Waals surface area contributed by atoms with E-state index < -0.39 is 0 Å². The molecule has 0 aromatic carbocycles. The van der Waals surface area contributed by atoms with E-state index in [-0.39, 0.29) is 0 Å². The van der Waals surface area contributed by atoms with Gasteiger partial charge in [0.25, 0.3) is 0 Å². The fraction of sp³-hybridized carbons (Fsp3) is 0.143. The maximum absolute atomic E-state index is 5.70. The first-order valence-corrected chi connectivity index (χ1v) is 7.91. The van der Waals surface area contributed by atoms with Gasteiger partial charge in [-0.2, -0.15) is 0 Å². The van der Waals surface area contributed by atoms with E-state index in [4.69, 9.17) is 9.47 Å². The van der Waals surface area contributed by atoms with Gasteiger partial charge in [0.05, 0.1) is 5.69 Å². The number of hydrogen-bond donors (Lipinski definition) is 0. The first-order chi connectivity index (χ1) is 9.92. The van der Waals surface area contributed by atoms with Crippen molar-refractivity contribution in [3.63, 3.8) is 0 Å². The molecule has 0 bridgehead atoms. The minimum Gasteiger partial charge on any atom is -0.485 e. The first kappa shape index (κ1) is 11.9. The van der Waals surface area contributed by atoms with E-state index in [1.807, 2.05) is 29.1 Å². The number of fused-ring (bicyclic) bond motifs is 1. The van der Waals surface area contributed by atoms with Gasteiger partial charge in [-0.05, 0) is 12.1 Å². The van der Waals surface area contributed by atoms with Gasteiger partial charge in [0.15, 0.2) is 11.5 Å². The lowest BCUT2D eigenvalue weighted by Crippen LogP contribution is -2.14. The quantitative estimate of drug-likeness (QED) is 0.724. The van der Waals surface area contributed by atoms with Crippen LogP contribution in [0.1, 0.15) is 0 Å². The van der Waals surface area contributed by atoms with Crippen LogP contribution in [-0.4, -0.2) is 23.2 Å². The summed E-state index contributed by atoms with van der Waals surface area (Å²) >= 11 is 3.22. The highest BCUT2D eigenvalue weighted by Gasteiger charge is 2.21. The van der Waals surface area contributed by atoms with Crippen molar-refractivity contribution in [2.45, 2.75) is 0 Å². The van der Waals surface area contributed by atoms with Crippen molar-refractivity contribution in [1.82, 2.24) is 9.97 Å². The van der Waals surface area contributed by atoms with E-state index >= 15 is 0 Å². The van der Waals surface area contributed by atoms with Gasteiger partial charge in [0.1, 0.15) is 23.1 Å². The van der Waals surface area contributed by atoms with Crippen LogP contribution in [0.15, 0.2) is 35.3 Å². The van der Waals surface area contributed by atoms with Gasteiger partial charge in [-0.3, -0.25) is 4.98 Å². The Labute approximate surface area is 123 Å². The Morgan fingerprint density at radius 2 is 2.05 bits per heavy atom. The lowest BCUT2D eigenvalue weighted by atomic mass is 10.2. The van der Waals surface area contributed by atoms with Crippen molar-refractivity contribution >= 4 is 22.7 Å². The number of rotatable bonds is 2. The monoisotopic (exact) mass is 302 g/mol. The Bertz CT molecular complexity index is 737. The summed E-state index contributed by atoms with van der Waals surface area (Å²) in [7, 11) is 0. The average molecular weight is 302 g/mol. The second kappa shape index (κ2) is 4.88. The van der Waals surface area contributed by atoms with Gasteiger partial charge >= 0.3 is 0 Å². The van der Waals surface area contributed by atoms with Crippen LogP contribution in [-0.2, 0) is 0 Å². The largest absolute Gasteiger partial charge is 0.485 e. The van der Waals surface area contributed by atoms with Gasteiger partial charge < -0.3 is 9.47 Å². The second-order valence-corrected chi connectivity index (χ2v) is 5.97. The van der Waals surface area contributed by atoms with E-state index in [9.17, 15) is 0 Å². The highest BCUT2D eigenvalue weighted by atomic mass is 32.1. The predicted molar refractivity (Wildman–Crippen MR) is 79.6 cm³/mol. The highest BCUT2D eigenvalue weighted by molar-refractivity contribution is 7.20. The Morgan fingerprint density at radius 1 is 1.10 bits per heavy atom. The summed E-state index contributed by atoms with van der Waals surface area (Å²) in [6.07, 6.45) is 3.58. The lowest BCUT2D eigenvalue weighted by Gasteiger charge is -2.15. The number of hydrogen-bond acceptors (Lipinski definition) is 6. The van der Waals surface area contributed by atoms with Crippen LogP contribution in [0.25, 0.3) is 21.1 Å². The van der Waals surface area contributed by atoms with E-state index in [1.165, 1.54) is 0 Å². The van der Waals surface area contributed by atoms with Crippen LogP contribution >= 0.6 is 22.7 Å². The maximum Gasteiger partial charge on any atom is 0.182 e. The second-order valence-electron chi connectivity index (χ2n) is 4.23. The van der Waals surface area contributed by atoms with Crippen LogP contribution in [0.5, 0.6) is 11.5 Å². The van der Waals surface area contributed by atoms with Crippen molar-refractivity contribution in [3.8, 4) is 32.6 Å². The van der Waals surface area contributed by atoms with E-state index in [0.29, 0.717) is 13.2 Å². The molecule has 0 amide bonds. The minimum atomic E-state index is 0.595. The SMILES string of the molecule is c1cncc(-c2csc(-c3scc4c3OCCO4)n2)c1. The van der Waals surface area contributed by atoms with Crippen molar-refractivity contribution in [1.29, 1.82) is 0 Å². The van der Waals surface area contributed by atoms with E-state index in [1.54, 1.807) is 28.9 Å². The molecule has 0 saturated heterocycles. The lowest BCUT2D eigenvalue weighted by molar-refractivity contribution is 0.174. The first-order valence-electron chi connectivity index (χ1n) is 6.15. The summed E-state index contributed by atoms with van der Waals surface area (Å²) in [5, 5.41) is 4.98. The summed E-state index contributed by atoms with van der Waals surface area (Å²) in [6.45, 7) is 1.21. The third kappa shape index (κ3) is 1.97. The number of nitrogens with zero attached hydrogens (tertiary/aromatic N) is 2. The zero-order valence-electron chi connectivity index (χ0n) is 10.4. The van der Waals surface area contributed by atoms with Crippen molar-refractivity contribution < 1.29 is 9.47 Å². The summed E-state index contributed by atoms with van der Waals surface area (Å²) in [5.74, 6) is 1.66. The van der Waals surface area contributed by atoms with Gasteiger partial charge in [-0.15, -0.1) is 22.7 Å². The van der Waals surface area contributed by atoms with Gasteiger partial charge in [-0.1, -0.05) is 0 Å². The molecule has 4 nitrogen and oxygen atoms in total. The predicted octanol–water partition coefficient (Wildman–Crippen LogP) is 3.70. The molecule has 0 radical (unpaired) electrons. The summed E-state index contributed by atoms with van der Waals surface area (Å²) < 4.78 is 11.3. The highest BCUT2D eigenvalue weighted by Crippen LogP contribution is 2.46. The zero-order chi connectivity index (χ0) is 13.4. The summed E-state index contributed by atoms with van der Waals surface area (Å²) in [6, 6.07) is 3.92. The Kier molecular flexibility index (Phi) is 2.90. The molecule has 1 aliphatic heterocycles. The molecular weight excluding hydrogens is 292 g/mol. The molecular formula is C14H10N2O2S2. The van der Waals surface area contributed by atoms with Crippen molar-refractivity contribution in [2.75, 3.05) is 13.2 Å². The Balaban J connectivity index is 1.74. The summed E-state index contributed by atoms with van der Waals surface area (Å²) in [5.41, 5.74) is 1.97. The van der Waals surface area contributed by atoms with Crippen LogP contribution < -0.4 is 9.47 Å². The molecule has 6 heteroatoms. The molecule has 4 heterocycles. The average Bonchev–Trinajstić information content (AvgIpc) is 3.14. The molecule has 0 aliphatic carbocycles. The Morgan fingerprint density at radius 3 is 2.95 bits per heavy atom. The third-order valence-electron chi connectivity index (χ3n) is 2.96. The molecule has 1 aliphatic rings. The molecule has 3 aromatic heterocycles. The van der Waals surface area contributed by atoms with Gasteiger partial charge in [0.2, 0.25) is 0 Å². The number of aromatic nitrogens is 2. The third-order valence-corrected chi connectivity index (χ3v) is 4.89. The molecule has 100 valence electrons. The van der Waals surface area contributed by atoms with Crippen LogP contribution in [0, 0.1) is 0 Å². The topological polar surface area (TPSA) is 44.2 Å². The molecule has 20 heavy (non-hydrogen) atoms. The van der Waals surface area contributed by atoms with Crippen LogP contribution in [0.3, 0.4) is 0 Å². The fourth-order valence-corrected chi connectivity index (χ4v) is 3.90. The Hall–Kier alpha value is -1.92. The number of pyridine rings is 1. The molecule has 0 saturated carbocycles. The molecule has 3 aromatic rings. The molecule has 0 atom stereocenters. The molecule has 4 rings (SSSR count). The maximum atomic E-state index is 5.70. The minimum absolute atomic E-state index is 0.595.